The molecule has 1 amide bonds. The molecule has 0 aromatic carbocycles. The van der Waals surface area contributed by atoms with Crippen LogP contribution in [0.25, 0.3) is 0 Å². The Morgan fingerprint density at radius 1 is 1.41 bits per heavy atom. The van der Waals surface area contributed by atoms with Gasteiger partial charge in [0.2, 0.25) is 5.91 Å². The number of aromatic nitrogens is 2. The highest BCUT2D eigenvalue weighted by molar-refractivity contribution is 5.92. The molecule has 0 radical (unpaired) electrons. The van der Waals surface area contributed by atoms with Gasteiger partial charge in [-0.15, -0.1) is 0 Å². The van der Waals surface area contributed by atoms with Crippen molar-refractivity contribution in [1.29, 1.82) is 0 Å². The van der Waals surface area contributed by atoms with Gasteiger partial charge in [0.25, 0.3) is 0 Å². The minimum Gasteiger partial charge on any atom is -0.464 e. The summed E-state index contributed by atoms with van der Waals surface area (Å²) in [6.07, 6.45) is 7.43. The molecule has 1 aliphatic carbocycles. The Labute approximate surface area is 101 Å². The summed E-state index contributed by atoms with van der Waals surface area (Å²) in [5.41, 5.74) is 0.630. The molecule has 0 bridgehead atoms. The normalized spacial score (nSPS) is 15.8. The summed E-state index contributed by atoms with van der Waals surface area (Å²) in [4.78, 5) is 19.8. The number of rotatable bonds is 4. The van der Waals surface area contributed by atoms with E-state index in [2.05, 4.69) is 15.3 Å². The number of ether oxygens (including phenoxy) is 1. The SMILES string of the molecule is CCOc1ncc(NC(=O)C2CCCC2)cn1. The van der Waals surface area contributed by atoms with Crippen LogP contribution in [-0.2, 0) is 4.79 Å². The molecule has 2 rings (SSSR count). The van der Waals surface area contributed by atoms with Crippen molar-refractivity contribution in [1.82, 2.24) is 9.97 Å². The summed E-state index contributed by atoms with van der Waals surface area (Å²) in [7, 11) is 0. The van der Waals surface area contributed by atoms with Crippen LogP contribution in [-0.4, -0.2) is 22.5 Å². The van der Waals surface area contributed by atoms with Gasteiger partial charge in [0.1, 0.15) is 0 Å². The zero-order valence-electron chi connectivity index (χ0n) is 9.98. The number of nitrogens with one attached hydrogen (secondary N) is 1. The lowest BCUT2D eigenvalue weighted by Gasteiger charge is -2.09. The lowest BCUT2D eigenvalue weighted by molar-refractivity contribution is -0.119. The Kier molecular flexibility index (Phi) is 3.90. The standard InChI is InChI=1S/C12H17N3O2/c1-2-17-12-13-7-10(8-14-12)15-11(16)9-5-3-4-6-9/h7-9H,2-6H2,1H3,(H,15,16). The van der Waals surface area contributed by atoms with Crippen LogP contribution < -0.4 is 10.1 Å². The van der Waals surface area contributed by atoms with Gasteiger partial charge >= 0.3 is 6.01 Å². The van der Waals surface area contributed by atoms with Crippen molar-refractivity contribution >= 4 is 11.6 Å². The van der Waals surface area contributed by atoms with Crippen molar-refractivity contribution in [3.63, 3.8) is 0 Å². The van der Waals surface area contributed by atoms with Crippen LogP contribution in [0.4, 0.5) is 5.69 Å². The van der Waals surface area contributed by atoms with Crippen LogP contribution in [0.1, 0.15) is 32.6 Å². The van der Waals surface area contributed by atoms with E-state index >= 15 is 0 Å². The fourth-order valence-electron chi connectivity index (χ4n) is 2.02. The Morgan fingerprint density at radius 3 is 2.65 bits per heavy atom. The highest BCUT2D eigenvalue weighted by Crippen LogP contribution is 2.25. The molecule has 1 aromatic heterocycles. The molecule has 5 nitrogen and oxygen atoms in total. The molecule has 92 valence electrons. The molecule has 5 heteroatoms. The van der Waals surface area contributed by atoms with Crippen molar-refractivity contribution < 1.29 is 9.53 Å². The van der Waals surface area contributed by atoms with Gasteiger partial charge in [-0.2, -0.15) is 0 Å². The quantitative estimate of drug-likeness (QED) is 0.867. The second-order valence-corrected chi connectivity index (χ2v) is 4.16. The second-order valence-electron chi connectivity index (χ2n) is 4.16. The highest BCUT2D eigenvalue weighted by Gasteiger charge is 2.22. The first-order valence-electron chi connectivity index (χ1n) is 6.05. The van der Waals surface area contributed by atoms with E-state index in [0.717, 1.165) is 25.7 Å². The van der Waals surface area contributed by atoms with E-state index < -0.39 is 0 Å². The first-order chi connectivity index (χ1) is 8.29. The van der Waals surface area contributed by atoms with Gasteiger partial charge in [0.15, 0.2) is 0 Å². The third-order valence-corrected chi connectivity index (χ3v) is 2.90. The molecular weight excluding hydrogens is 218 g/mol. The predicted octanol–water partition coefficient (Wildman–Crippen LogP) is 2.00. The van der Waals surface area contributed by atoms with E-state index in [1.165, 1.54) is 0 Å². The van der Waals surface area contributed by atoms with Gasteiger partial charge < -0.3 is 10.1 Å². The molecule has 0 aliphatic heterocycles. The van der Waals surface area contributed by atoms with Crippen LogP contribution in [0.3, 0.4) is 0 Å². The number of carbonyl (C=O) groups excluding carboxylic acids is 1. The Morgan fingerprint density at radius 2 is 2.06 bits per heavy atom. The van der Waals surface area contributed by atoms with Crippen LogP contribution in [0, 0.1) is 5.92 Å². The smallest absolute Gasteiger partial charge is 0.316 e. The van der Waals surface area contributed by atoms with Crippen LogP contribution in [0.2, 0.25) is 0 Å². The molecule has 0 unspecified atom stereocenters. The minimum atomic E-state index is 0.0789. The third-order valence-electron chi connectivity index (χ3n) is 2.90. The number of carbonyl (C=O) groups is 1. The summed E-state index contributed by atoms with van der Waals surface area (Å²) >= 11 is 0. The summed E-state index contributed by atoms with van der Waals surface area (Å²) in [6, 6.07) is 0.339. The molecule has 1 heterocycles. The summed E-state index contributed by atoms with van der Waals surface area (Å²) < 4.78 is 5.13. The summed E-state index contributed by atoms with van der Waals surface area (Å²) in [6.45, 7) is 2.41. The molecule has 1 fully saturated rings. The lowest BCUT2D eigenvalue weighted by Crippen LogP contribution is -2.20. The second kappa shape index (κ2) is 5.61. The maximum atomic E-state index is 11.8. The number of amides is 1. The molecule has 1 saturated carbocycles. The molecule has 1 aliphatic rings. The van der Waals surface area contributed by atoms with E-state index in [-0.39, 0.29) is 11.8 Å². The monoisotopic (exact) mass is 235 g/mol. The van der Waals surface area contributed by atoms with E-state index in [0.29, 0.717) is 18.3 Å². The molecule has 1 N–H and O–H groups in total. The Hall–Kier alpha value is -1.65. The fourth-order valence-corrected chi connectivity index (χ4v) is 2.02. The summed E-state index contributed by atoms with van der Waals surface area (Å²) in [5.74, 6) is 0.233. The van der Waals surface area contributed by atoms with Crippen LogP contribution in [0.5, 0.6) is 6.01 Å². The van der Waals surface area contributed by atoms with Gasteiger partial charge in [-0.1, -0.05) is 12.8 Å². The molecular formula is C12H17N3O2. The number of hydrogen-bond acceptors (Lipinski definition) is 4. The van der Waals surface area contributed by atoms with Gasteiger partial charge in [0.05, 0.1) is 24.7 Å². The summed E-state index contributed by atoms with van der Waals surface area (Å²) in [5, 5.41) is 2.83. The maximum Gasteiger partial charge on any atom is 0.316 e. The zero-order valence-corrected chi connectivity index (χ0v) is 9.98. The molecule has 0 saturated heterocycles. The van der Waals surface area contributed by atoms with Crippen molar-refractivity contribution in [3.05, 3.63) is 12.4 Å². The van der Waals surface area contributed by atoms with Crippen molar-refractivity contribution in [2.75, 3.05) is 11.9 Å². The molecule has 17 heavy (non-hydrogen) atoms. The number of nitrogens with zero attached hydrogens (tertiary/aromatic N) is 2. The zero-order chi connectivity index (χ0) is 12.1. The lowest BCUT2D eigenvalue weighted by atomic mass is 10.1. The highest BCUT2D eigenvalue weighted by atomic mass is 16.5. The van der Waals surface area contributed by atoms with Gasteiger partial charge in [-0.25, -0.2) is 9.97 Å². The first-order valence-corrected chi connectivity index (χ1v) is 6.05. The Bertz CT molecular complexity index is 372. The fraction of sp³-hybridized carbons (Fsp3) is 0.583. The van der Waals surface area contributed by atoms with E-state index in [1.807, 2.05) is 6.92 Å². The average molecular weight is 235 g/mol. The van der Waals surface area contributed by atoms with E-state index in [4.69, 9.17) is 4.74 Å². The van der Waals surface area contributed by atoms with Crippen LogP contribution in [0.15, 0.2) is 12.4 Å². The van der Waals surface area contributed by atoms with Crippen molar-refractivity contribution in [2.24, 2.45) is 5.92 Å². The predicted molar refractivity (Wildman–Crippen MR) is 63.8 cm³/mol. The van der Waals surface area contributed by atoms with Crippen molar-refractivity contribution in [2.45, 2.75) is 32.6 Å². The van der Waals surface area contributed by atoms with Crippen LogP contribution >= 0.6 is 0 Å². The third kappa shape index (κ3) is 3.15. The number of hydrogen-bond donors (Lipinski definition) is 1. The van der Waals surface area contributed by atoms with E-state index in [9.17, 15) is 4.79 Å². The minimum absolute atomic E-state index is 0.0789. The molecule has 0 spiro atoms. The van der Waals surface area contributed by atoms with E-state index in [1.54, 1.807) is 12.4 Å². The van der Waals surface area contributed by atoms with Gasteiger partial charge in [0, 0.05) is 5.92 Å². The first kappa shape index (κ1) is 11.8. The van der Waals surface area contributed by atoms with Gasteiger partial charge in [-0.05, 0) is 19.8 Å². The van der Waals surface area contributed by atoms with Gasteiger partial charge in [-0.3, -0.25) is 4.79 Å². The maximum absolute atomic E-state index is 11.8. The number of anilines is 1. The Balaban J connectivity index is 1.91. The van der Waals surface area contributed by atoms with Crippen molar-refractivity contribution in [3.8, 4) is 6.01 Å². The topological polar surface area (TPSA) is 64.1 Å². The average Bonchev–Trinajstić information content (AvgIpc) is 2.86. The molecule has 0 atom stereocenters. The molecule has 1 aromatic rings. The largest absolute Gasteiger partial charge is 0.464 e.